The second kappa shape index (κ2) is 4.55. The summed E-state index contributed by atoms with van der Waals surface area (Å²) in [5.41, 5.74) is 1.36. The molecule has 1 N–H and O–H groups in total. The molecule has 0 spiro atoms. The van der Waals surface area contributed by atoms with E-state index in [1.54, 1.807) is 6.07 Å². The molecule has 2 unspecified atom stereocenters. The first-order valence-corrected chi connectivity index (χ1v) is 6.86. The van der Waals surface area contributed by atoms with Gasteiger partial charge in [0.2, 0.25) is 0 Å². The van der Waals surface area contributed by atoms with Crippen molar-refractivity contribution in [3.8, 4) is 0 Å². The summed E-state index contributed by atoms with van der Waals surface area (Å²) >= 11 is 3.32. The zero-order valence-corrected chi connectivity index (χ0v) is 11.4. The van der Waals surface area contributed by atoms with Crippen molar-refractivity contribution in [2.75, 3.05) is 18.0 Å². The quantitative estimate of drug-likeness (QED) is 0.912. The molecule has 0 amide bonds. The average molecular weight is 312 g/mol. The molecule has 2 aliphatic heterocycles. The van der Waals surface area contributed by atoms with Crippen molar-refractivity contribution in [3.05, 3.63) is 28.2 Å². The summed E-state index contributed by atoms with van der Waals surface area (Å²) < 4.78 is 6.42. The minimum absolute atomic E-state index is 0.301. The third-order valence-electron chi connectivity index (χ3n) is 3.59. The topological polar surface area (TPSA) is 49.8 Å². The van der Waals surface area contributed by atoms with E-state index in [9.17, 15) is 4.79 Å². The fourth-order valence-corrected chi connectivity index (χ4v) is 3.24. The Morgan fingerprint density at radius 2 is 2.00 bits per heavy atom. The molecule has 2 saturated heterocycles. The SMILES string of the molecule is O=C(O)c1ccc(N2CC3CCC(C2)O3)cc1Br. The number of carbonyl (C=O) groups is 1. The van der Waals surface area contributed by atoms with Gasteiger partial charge in [-0.2, -0.15) is 0 Å². The van der Waals surface area contributed by atoms with Gasteiger partial charge in [0.05, 0.1) is 17.8 Å². The van der Waals surface area contributed by atoms with Gasteiger partial charge in [-0.15, -0.1) is 0 Å². The smallest absolute Gasteiger partial charge is 0.336 e. The fourth-order valence-electron chi connectivity index (χ4n) is 2.70. The number of aromatic carboxylic acids is 1. The molecule has 2 aliphatic rings. The van der Waals surface area contributed by atoms with Crippen LogP contribution in [0, 0.1) is 0 Å². The summed E-state index contributed by atoms with van der Waals surface area (Å²) in [6, 6.07) is 5.41. The van der Waals surface area contributed by atoms with Gasteiger partial charge in [0.1, 0.15) is 0 Å². The van der Waals surface area contributed by atoms with Crippen LogP contribution in [0.1, 0.15) is 23.2 Å². The zero-order chi connectivity index (χ0) is 12.7. The maximum atomic E-state index is 11.0. The van der Waals surface area contributed by atoms with Crippen LogP contribution in [0.2, 0.25) is 0 Å². The van der Waals surface area contributed by atoms with Crippen LogP contribution in [-0.2, 0) is 4.74 Å². The lowest BCUT2D eigenvalue weighted by atomic mass is 10.2. The number of rotatable bonds is 2. The molecule has 2 bridgehead atoms. The monoisotopic (exact) mass is 311 g/mol. The first-order valence-electron chi connectivity index (χ1n) is 6.07. The summed E-state index contributed by atoms with van der Waals surface area (Å²) in [6.45, 7) is 1.80. The van der Waals surface area contributed by atoms with Gasteiger partial charge in [0.15, 0.2) is 0 Å². The van der Waals surface area contributed by atoms with E-state index in [1.165, 1.54) is 0 Å². The van der Waals surface area contributed by atoms with Crippen molar-refractivity contribution in [1.82, 2.24) is 0 Å². The first-order chi connectivity index (χ1) is 8.63. The standard InChI is InChI=1S/C13H14BrNO3/c14-12-5-8(1-4-11(12)13(16)17)15-6-9-2-3-10(7-15)18-9/h1,4-5,9-10H,2-3,6-7H2,(H,16,17). The van der Waals surface area contributed by atoms with E-state index >= 15 is 0 Å². The van der Waals surface area contributed by atoms with Gasteiger partial charge < -0.3 is 14.7 Å². The molecule has 0 radical (unpaired) electrons. The second-order valence-corrected chi connectivity index (χ2v) is 5.69. The van der Waals surface area contributed by atoms with Crippen LogP contribution in [0.4, 0.5) is 5.69 Å². The fraction of sp³-hybridized carbons (Fsp3) is 0.462. The molecule has 2 heterocycles. The molecule has 4 nitrogen and oxygen atoms in total. The number of nitrogens with zero attached hydrogens (tertiary/aromatic N) is 1. The highest BCUT2D eigenvalue weighted by Gasteiger charge is 2.33. The molecule has 1 aromatic carbocycles. The van der Waals surface area contributed by atoms with Crippen molar-refractivity contribution in [2.45, 2.75) is 25.0 Å². The molecule has 3 rings (SSSR count). The first kappa shape index (κ1) is 12.0. The number of halogens is 1. The van der Waals surface area contributed by atoms with Crippen molar-refractivity contribution < 1.29 is 14.6 Å². The molecule has 0 saturated carbocycles. The van der Waals surface area contributed by atoms with E-state index in [4.69, 9.17) is 9.84 Å². The zero-order valence-electron chi connectivity index (χ0n) is 9.80. The van der Waals surface area contributed by atoms with Gasteiger partial charge in [-0.1, -0.05) is 0 Å². The number of anilines is 1. The summed E-state index contributed by atoms with van der Waals surface area (Å²) in [7, 11) is 0. The summed E-state index contributed by atoms with van der Waals surface area (Å²) in [4.78, 5) is 13.2. The number of morpholine rings is 1. The molecule has 5 heteroatoms. The van der Waals surface area contributed by atoms with E-state index in [2.05, 4.69) is 20.8 Å². The lowest BCUT2D eigenvalue weighted by Gasteiger charge is -2.34. The van der Waals surface area contributed by atoms with Gasteiger partial charge in [-0.3, -0.25) is 0 Å². The Morgan fingerprint density at radius 1 is 1.33 bits per heavy atom. The van der Waals surface area contributed by atoms with Crippen LogP contribution >= 0.6 is 15.9 Å². The van der Waals surface area contributed by atoms with E-state index in [0.29, 0.717) is 22.2 Å². The van der Waals surface area contributed by atoms with Crippen LogP contribution < -0.4 is 4.90 Å². The van der Waals surface area contributed by atoms with Crippen LogP contribution in [-0.4, -0.2) is 36.4 Å². The third kappa shape index (κ3) is 2.12. The molecule has 18 heavy (non-hydrogen) atoms. The maximum Gasteiger partial charge on any atom is 0.336 e. The Balaban J connectivity index is 1.84. The van der Waals surface area contributed by atoms with Gasteiger partial charge in [-0.05, 0) is 47.0 Å². The van der Waals surface area contributed by atoms with Gasteiger partial charge in [0.25, 0.3) is 0 Å². The van der Waals surface area contributed by atoms with E-state index in [-0.39, 0.29) is 0 Å². The van der Waals surface area contributed by atoms with Crippen molar-refractivity contribution >= 4 is 27.6 Å². The van der Waals surface area contributed by atoms with E-state index in [1.807, 2.05) is 12.1 Å². The van der Waals surface area contributed by atoms with Gasteiger partial charge >= 0.3 is 5.97 Å². The number of fused-ring (bicyclic) bond motifs is 2. The molecule has 1 aromatic rings. The summed E-state index contributed by atoms with van der Waals surface area (Å²) in [5.74, 6) is -0.907. The third-order valence-corrected chi connectivity index (χ3v) is 4.25. The highest BCUT2D eigenvalue weighted by Crippen LogP contribution is 2.31. The Bertz CT molecular complexity index is 479. The molecule has 0 aliphatic carbocycles. The minimum Gasteiger partial charge on any atom is -0.478 e. The molecular weight excluding hydrogens is 298 g/mol. The highest BCUT2D eigenvalue weighted by molar-refractivity contribution is 9.10. The van der Waals surface area contributed by atoms with Crippen LogP contribution in [0.3, 0.4) is 0 Å². The predicted octanol–water partition coefficient (Wildman–Crippen LogP) is 2.51. The number of carboxylic acids is 1. The largest absolute Gasteiger partial charge is 0.478 e. The molecule has 2 atom stereocenters. The summed E-state index contributed by atoms with van der Waals surface area (Å²) in [5, 5.41) is 9.00. The molecule has 2 fully saturated rings. The Morgan fingerprint density at radius 3 is 2.56 bits per heavy atom. The predicted molar refractivity (Wildman–Crippen MR) is 71.2 cm³/mol. The Hall–Kier alpha value is -1.07. The van der Waals surface area contributed by atoms with Crippen LogP contribution in [0.25, 0.3) is 0 Å². The maximum absolute atomic E-state index is 11.0. The van der Waals surface area contributed by atoms with Crippen molar-refractivity contribution in [3.63, 3.8) is 0 Å². The summed E-state index contributed by atoms with van der Waals surface area (Å²) in [6.07, 6.45) is 2.94. The Kier molecular flexibility index (Phi) is 3.03. The molecular formula is C13H14BrNO3. The number of hydrogen-bond acceptors (Lipinski definition) is 3. The lowest BCUT2D eigenvalue weighted by molar-refractivity contribution is 0.0305. The lowest BCUT2D eigenvalue weighted by Crippen LogP contribution is -2.42. The van der Waals surface area contributed by atoms with E-state index < -0.39 is 5.97 Å². The number of hydrogen-bond donors (Lipinski definition) is 1. The van der Waals surface area contributed by atoms with Crippen LogP contribution in [0.5, 0.6) is 0 Å². The molecule has 0 aromatic heterocycles. The van der Waals surface area contributed by atoms with Crippen molar-refractivity contribution in [2.24, 2.45) is 0 Å². The van der Waals surface area contributed by atoms with Gasteiger partial charge in [0, 0.05) is 23.2 Å². The highest BCUT2D eigenvalue weighted by atomic mass is 79.9. The molecule has 96 valence electrons. The number of ether oxygens (including phenoxy) is 1. The van der Waals surface area contributed by atoms with Crippen molar-refractivity contribution in [1.29, 1.82) is 0 Å². The second-order valence-electron chi connectivity index (χ2n) is 4.83. The minimum atomic E-state index is -0.907. The van der Waals surface area contributed by atoms with Gasteiger partial charge in [-0.25, -0.2) is 4.79 Å². The normalized spacial score (nSPS) is 26.4. The Labute approximate surface area is 114 Å². The van der Waals surface area contributed by atoms with Crippen LogP contribution in [0.15, 0.2) is 22.7 Å². The number of carboxylic acid groups (broad SMARTS) is 1. The number of benzene rings is 1. The van der Waals surface area contributed by atoms with E-state index in [0.717, 1.165) is 31.6 Å². The average Bonchev–Trinajstić information content (AvgIpc) is 2.67.